The lowest BCUT2D eigenvalue weighted by Gasteiger charge is -2.34. The second-order valence-corrected chi connectivity index (χ2v) is 18.1. The lowest BCUT2D eigenvalue weighted by molar-refractivity contribution is -0.133. The maximum atomic E-state index is 13.4. The Morgan fingerprint density at radius 1 is 0.643 bits per heavy atom. The third-order valence-electron chi connectivity index (χ3n) is 8.49. The van der Waals surface area contributed by atoms with Crippen LogP contribution in [-0.2, 0) is 61.8 Å². The molecule has 0 bridgehead atoms. The summed E-state index contributed by atoms with van der Waals surface area (Å²) < 4.78 is 34.7. The molecule has 5 amide bonds. The van der Waals surface area contributed by atoms with E-state index in [9.17, 15) is 28.5 Å². The van der Waals surface area contributed by atoms with E-state index in [1.165, 1.54) is 0 Å². The highest BCUT2D eigenvalue weighted by atomic mass is 32.7. The zero-order valence-corrected chi connectivity index (χ0v) is 34.7. The van der Waals surface area contributed by atoms with Gasteiger partial charge in [-0.25, -0.2) is 17.7 Å². The van der Waals surface area contributed by atoms with Crippen LogP contribution in [0.3, 0.4) is 0 Å². The number of amides is 5. The van der Waals surface area contributed by atoms with Crippen molar-refractivity contribution in [2.75, 3.05) is 79.1 Å². The van der Waals surface area contributed by atoms with E-state index in [2.05, 4.69) is 53.3 Å². The first-order valence-electron chi connectivity index (χ1n) is 18.8. The summed E-state index contributed by atoms with van der Waals surface area (Å²) in [4.78, 5) is 78.8. The van der Waals surface area contributed by atoms with Crippen molar-refractivity contribution in [1.29, 1.82) is 0 Å². The Morgan fingerprint density at radius 2 is 1.07 bits per heavy atom. The van der Waals surface area contributed by atoms with Gasteiger partial charge < -0.3 is 59.8 Å². The topological polar surface area (TPSA) is 305 Å². The molecule has 3 atom stereocenters. The molecule has 3 unspecified atom stereocenters. The van der Waals surface area contributed by atoms with Crippen molar-refractivity contribution >= 4 is 48.4 Å². The van der Waals surface area contributed by atoms with Crippen LogP contribution in [0.25, 0.3) is 0 Å². The van der Waals surface area contributed by atoms with Crippen molar-refractivity contribution < 1.29 is 61.8 Å². The van der Waals surface area contributed by atoms with Gasteiger partial charge >= 0.3 is 0 Å². The number of ether oxygens (including phenoxy) is 3. The van der Waals surface area contributed by atoms with E-state index in [1.54, 1.807) is 20.8 Å². The lowest BCUT2D eigenvalue weighted by atomic mass is 9.86. The summed E-state index contributed by atoms with van der Waals surface area (Å²) in [5, 5.41) is 12.8. The summed E-state index contributed by atoms with van der Waals surface area (Å²) in [6, 6.07) is -2.20. The molecule has 1 rings (SSSR count). The molecule has 11 N–H and O–H groups in total. The fraction of sp³-hybridized carbons (Fsp3) is 0.848. The Bertz CT molecular complexity index is 1210. The van der Waals surface area contributed by atoms with Gasteiger partial charge in [0.2, 0.25) is 29.5 Å². The van der Waals surface area contributed by atoms with Gasteiger partial charge in [-0.05, 0) is 38.5 Å². The maximum absolute atomic E-state index is 13.4. The molecule has 326 valence electrons. The van der Waals surface area contributed by atoms with Crippen LogP contribution in [0.15, 0.2) is 0 Å². The van der Waals surface area contributed by atoms with Gasteiger partial charge in [-0.2, -0.15) is 0 Å². The summed E-state index contributed by atoms with van der Waals surface area (Å²) >= 11 is 4.30. The van der Waals surface area contributed by atoms with E-state index in [-0.39, 0.29) is 123 Å². The van der Waals surface area contributed by atoms with E-state index in [1.807, 2.05) is 0 Å². The molecule has 1 saturated carbocycles. The largest absolute Gasteiger partial charge is 0.377 e. The number of rotatable bonds is 31. The smallest absolute Gasteiger partial charge is 0.260 e. The molecular weight excluding hydrogens is 779 g/mol. The minimum Gasteiger partial charge on any atom is -0.377 e. The van der Waals surface area contributed by atoms with Gasteiger partial charge in [-0.1, -0.05) is 33.0 Å². The Balaban J connectivity index is 2.89. The minimum absolute atomic E-state index is 0.0339. The lowest BCUT2D eigenvalue weighted by Crippen LogP contribution is -2.51. The summed E-state index contributed by atoms with van der Waals surface area (Å²) in [7, 11) is 0. The Morgan fingerprint density at radius 3 is 1.52 bits per heavy atom. The number of nitrogens with two attached hydrogens (primary N) is 3. The molecule has 0 radical (unpaired) electrons. The van der Waals surface area contributed by atoms with Gasteiger partial charge in [0.05, 0.1) is 65.6 Å². The average Bonchev–Trinajstić information content (AvgIpc) is 3.15. The molecule has 1 aliphatic carbocycles. The second kappa shape index (κ2) is 29.7. The predicted molar refractivity (Wildman–Crippen MR) is 207 cm³/mol. The minimum atomic E-state index is -3.20. The van der Waals surface area contributed by atoms with Crippen LogP contribution >= 0.6 is 18.8 Å². The van der Waals surface area contributed by atoms with E-state index in [4.69, 9.17) is 36.4 Å². The fourth-order valence-electron chi connectivity index (χ4n) is 5.15. The van der Waals surface area contributed by atoms with Crippen LogP contribution in [-0.4, -0.2) is 132 Å². The van der Waals surface area contributed by atoms with E-state index >= 15 is 0 Å². The quantitative estimate of drug-likeness (QED) is 0.0176. The van der Waals surface area contributed by atoms with Gasteiger partial charge in [0, 0.05) is 43.5 Å². The SMILES string of the molecule is CC(C)(C)P(=O)(S)O[C@H]1CC[C@H](C(=O)NC(CCC(=O)NC(CCC(=O)NCCOCCON)C(=O)NCCOCCON)C(=O)NCCOCCON)CC1. The fourth-order valence-corrected chi connectivity index (χ4v) is 6.48. The zero-order chi connectivity index (χ0) is 41.8. The van der Waals surface area contributed by atoms with Gasteiger partial charge in [0.25, 0.3) is 6.57 Å². The van der Waals surface area contributed by atoms with Crippen molar-refractivity contribution in [1.82, 2.24) is 26.6 Å². The molecule has 0 aromatic heterocycles. The van der Waals surface area contributed by atoms with Crippen LogP contribution in [0, 0.1) is 5.92 Å². The number of nitrogens with one attached hydrogen (secondary N) is 5. The molecule has 0 saturated heterocycles. The summed E-state index contributed by atoms with van der Waals surface area (Å²) in [5.74, 6) is 12.1. The Kier molecular flexibility index (Phi) is 27.3. The molecule has 1 fully saturated rings. The number of hydrogen-bond donors (Lipinski definition) is 9. The van der Waals surface area contributed by atoms with Crippen LogP contribution in [0.2, 0.25) is 0 Å². The van der Waals surface area contributed by atoms with Crippen molar-refractivity contribution in [3.63, 3.8) is 0 Å². The second-order valence-electron chi connectivity index (χ2n) is 13.9. The Hall–Kier alpha value is -2.47. The molecule has 1 aliphatic rings. The number of carbonyl (C=O) groups is 5. The van der Waals surface area contributed by atoms with E-state index in [0.717, 1.165) is 0 Å². The van der Waals surface area contributed by atoms with Crippen LogP contribution in [0.4, 0.5) is 0 Å². The normalized spacial score (nSPS) is 17.9. The standard InChI is InChI=1S/C33H65N8O13PS/c1-33(2,3)55(47,56)54-25-6-4-24(5-7-25)30(44)41-27(32(46)39-14-17-50-20-23-53-36)9-11-29(43)40-26(31(45)38-13-16-49-19-22-52-35)8-10-28(42)37-12-15-48-18-21-51-34/h24-27H,4-23,34-36H2,1-3H3,(H,37,42)(H,38,45)(H,39,46)(H,40,43)(H,41,44)(H,47,56)/t24-,25-,26?,27?,55?. The van der Waals surface area contributed by atoms with Crippen molar-refractivity contribution in [2.24, 2.45) is 23.6 Å². The highest BCUT2D eigenvalue weighted by molar-refractivity contribution is 8.46. The first kappa shape index (κ1) is 51.5. The first-order chi connectivity index (χ1) is 26.6. The first-order valence-corrected chi connectivity index (χ1v) is 21.5. The van der Waals surface area contributed by atoms with Gasteiger partial charge in [-0.3, -0.25) is 28.5 Å². The maximum Gasteiger partial charge on any atom is 0.260 e. The van der Waals surface area contributed by atoms with Crippen LogP contribution in [0.5, 0.6) is 0 Å². The number of thiol groups is 1. The third kappa shape index (κ3) is 23.1. The molecule has 0 aromatic carbocycles. The van der Waals surface area contributed by atoms with Gasteiger partial charge in [-0.15, -0.1) is 0 Å². The Labute approximate surface area is 334 Å². The molecular formula is C33H65N8O13PS. The van der Waals surface area contributed by atoms with Crippen molar-refractivity contribution in [3.05, 3.63) is 0 Å². The monoisotopic (exact) mass is 844 g/mol. The van der Waals surface area contributed by atoms with Crippen LogP contribution in [0.1, 0.15) is 72.1 Å². The highest BCUT2D eigenvalue weighted by Gasteiger charge is 2.39. The zero-order valence-electron chi connectivity index (χ0n) is 32.9. The molecule has 0 aromatic rings. The van der Waals surface area contributed by atoms with Gasteiger partial charge in [0.15, 0.2) is 0 Å². The molecule has 21 nitrogen and oxygen atoms in total. The van der Waals surface area contributed by atoms with Crippen LogP contribution < -0.4 is 44.3 Å². The molecule has 56 heavy (non-hydrogen) atoms. The molecule has 0 heterocycles. The van der Waals surface area contributed by atoms with Crippen molar-refractivity contribution in [2.45, 2.75) is 95.5 Å². The third-order valence-corrected chi connectivity index (χ3v) is 12.8. The highest BCUT2D eigenvalue weighted by Crippen LogP contribution is 2.64. The van der Waals surface area contributed by atoms with Crippen molar-refractivity contribution in [3.8, 4) is 0 Å². The molecule has 23 heteroatoms. The number of hydrogen-bond acceptors (Lipinski definition) is 16. The summed E-state index contributed by atoms with van der Waals surface area (Å²) in [6.45, 7) is 4.35. The summed E-state index contributed by atoms with van der Waals surface area (Å²) in [6.07, 6.45) is 1.05. The number of carbonyl (C=O) groups excluding carboxylic acids is 5. The van der Waals surface area contributed by atoms with E-state index in [0.29, 0.717) is 25.7 Å². The predicted octanol–water partition coefficient (Wildman–Crippen LogP) is -0.918. The molecule has 0 aliphatic heterocycles. The summed E-state index contributed by atoms with van der Waals surface area (Å²) in [5.41, 5.74) is 0. The van der Waals surface area contributed by atoms with Gasteiger partial charge in [0.1, 0.15) is 12.1 Å². The van der Waals surface area contributed by atoms with E-state index < -0.39 is 47.4 Å². The molecule has 0 spiro atoms. The average molecular weight is 845 g/mol.